The minimum absolute atomic E-state index is 0.0546. The van der Waals surface area contributed by atoms with E-state index in [9.17, 15) is 4.79 Å². The topological polar surface area (TPSA) is 20.3 Å². The second-order valence-electron chi connectivity index (χ2n) is 6.93. The van der Waals surface area contributed by atoms with E-state index in [0.29, 0.717) is 15.8 Å². The molecule has 3 rings (SSSR count). The first-order valence-corrected chi connectivity index (χ1v) is 9.56. The van der Waals surface area contributed by atoms with Crippen molar-refractivity contribution in [2.24, 2.45) is 0 Å². The first-order valence-electron chi connectivity index (χ1n) is 7.76. The second kappa shape index (κ2) is 6.62. The summed E-state index contributed by atoms with van der Waals surface area (Å²) in [5.41, 5.74) is 3.23. The first-order chi connectivity index (χ1) is 11.3. The summed E-state index contributed by atoms with van der Waals surface area (Å²) in [5.74, 6) is 0.527. The van der Waals surface area contributed by atoms with Crippen LogP contribution in [0.3, 0.4) is 0 Å². The molecule has 1 amide bonds. The van der Waals surface area contributed by atoms with E-state index in [0.717, 1.165) is 11.3 Å². The summed E-state index contributed by atoms with van der Waals surface area (Å²) in [6.45, 7) is 6.57. The van der Waals surface area contributed by atoms with Crippen molar-refractivity contribution >= 4 is 46.6 Å². The number of hydrogen-bond acceptors (Lipinski definition) is 2. The summed E-state index contributed by atoms with van der Waals surface area (Å²) >= 11 is 13.8. The summed E-state index contributed by atoms with van der Waals surface area (Å²) in [6.07, 6.45) is 0. The minimum atomic E-state index is -0.0546. The van der Waals surface area contributed by atoms with E-state index in [4.69, 9.17) is 23.2 Å². The molecule has 0 bridgehead atoms. The average molecular weight is 380 g/mol. The van der Waals surface area contributed by atoms with Crippen LogP contribution in [0.2, 0.25) is 10.0 Å². The Morgan fingerprint density at radius 1 is 1.04 bits per heavy atom. The van der Waals surface area contributed by atoms with Crippen molar-refractivity contribution in [3.63, 3.8) is 0 Å². The number of carbonyl (C=O) groups is 1. The summed E-state index contributed by atoms with van der Waals surface area (Å²) in [4.78, 5) is 14.2. The molecule has 2 nitrogen and oxygen atoms in total. The van der Waals surface area contributed by atoms with Crippen molar-refractivity contribution in [1.82, 2.24) is 0 Å². The van der Waals surface area contributed by atoms with Crippen LogP contribution >= 0.6 is 35.0 Å². The Morgan fingerprint density at radius 2 is 1.62 bits per heavy atom. The zero-order chi connectivity index (χ0) is 17.5. The second-order valence-corrected chi connectivity index (χ2v) is 8.87. The maximum atomic E-state index is 12.4. The van der Waals surface area contributed by atoms with E-state index in [1.54, 1.807) is 34.9 Å². The van der Waals surface area contributed by atoms with Gasteiger partial charge in [0.2, 0.25) is 5.91 Å². The highest BCUT2D eigenvalue weighted by Crippen LogP contribution is 2.43. The molecule has 0 N–H and O–H groups in total. The van der Waals surface area contributed by atoms with Crippen LogP contribution in [0.5, 0.6) is 0 Å². The van der Waals surface area contributed by atoms with Crippen LogP contribution in [0.4, 0.5) is 5.69 Å². The molecule has 5 heteroatoms. The molecule has 1 saturated heterocycles. The molecule has 1 aliphatic heterocycles. The maximum Gasteiger partial charge on any atom is 0.238 e. The zero-order valence-corrected chi connectivity index (χ0v) is 16.2. The number of carbonyl (C=O) groups excluding carboxylic acids is 1. The van der Waals surface area contributed by atoms with Gasteiger partial charge in [-0.05, 0) is 34.7 Å². The third-order valence-corrected chi connectivity index (χ3v) is 5.70. The van der Waals surface area contributed by atoms with Crippen LogP contribution in [0.1, 0.15) is 37.3 Å². The van der Waals surface area contributed by atoms with Gasteiger partial charge in [-0.3, -0.25) is 9.69 Å². The fraction of sp³-hybridized carbons (Fsp3) is 0.316. The Labute approximate surface area is 157 Å². The Balaban J connectivity index is 1.96. The predicted molar refractivity (Wildman–Crippen MR) is 104 cm³/mol. The molecule has 1 aliphatic rings. The van der Waals surface area contributed by atoms with Gasteiger partial charge < -0.3 is 0 Å². The molecule has 0 saturated carbocycles. The fourth-order valence-electron chi connectivity index (χ4n) is 2.78. The van der Waals surface area contributed by atoms with Gasteiger partial charge in [-0.2, -0.15) is 0 Å². The minimum Gasteiger partial charge on any atom is -0.295 e. The van der Waals surface area contributed by atoms with E-state index in [1.165, 1.54) is 5.56 Å². The molecular weight excluding hydrogens is 361 g/mol. The van der Waals surface area contributed by atoms with E-state index >= 15 is 0 Å². The molecule has 1 fully saturated rings. The molecule has 2 aromatic carbocycles. The largest absolute Gasteiger partial charge is 0.295 e. The molecule has 24 heavy (non-hydrogen) atoms. The Kier molecular flexibility index (Phi) is 4.87. The lowest BCUT2D eigenvalue weighted by atomic mass is 9.86. The van der Waals surface area contributed by atoms with Crippen LogP contribution in [0.25, 0.3) is 0 Å². The third kappa shape index (κ3) is 3.58. The quantitative estimate of drug-likeness (QED) is 0.630. The van der Waals surface area contributed by atoms with Crippen molar-refractivity contribution in [3.05, 3.63) is 63.6 Å². The fourth-order valence-corrected chi connectivity index (χ4v) is 4.47. The molecule has 1 heterocycles. The first kappa shape index (κ1) is 17.7. The number of halogens is 2. The van der Waals surface area contributed by atoms with Gasteiger partial charge in [0.05, 0.1) is 5.75 Å². The lowest BCUT2D eigenvalue weighted by Gasteiger charge is -2.26. The highest BCUT2D eigenvalue weighted by atomic mass is 35.5. The normalized spacial score (nSPS) is 18.3. The Hall–Kier alpha value is -1.16. The van der Waals surface area contributed by atoms with Crippen molar-refractivity contribution in [2.75, 3.05) is 10.7 Å². The van der Waals surface area contributed by atoms with Gasteiger partial charge in [-0.25, -0.2) is 0 Å². The SMILES string of the molecule is CC(C)(C)c1ccc(C2SCC(=O)N2c2cc(Cl)cc(Cl)c2)cc1. The van der Waals surface area contributed by atoms with Gasteiger partial charge in [0.25, 0.3) is 0 Å². The van der Waals surface area contributed by atoms with Crippen LogP contribution in [-0.4, -0.2) is 11.7 Å². The summed E-state index contributed by atoms with van der Waals surface area (Å²) < 4.78 is 0. The van der Waals surface area contributed by atoms with Gasteiger partial charge in [0.1, 0.15) is 5.37 Å². The molecule has 0 spiro atoms. The van der Waals surface area contributed by atoms with Crippen molar-refractivity contribution in [2.45, 2.75) is 31.6 Å². The summed E-state index contributed by atoms with van der Waals surface area (Å²) in [6, 6.07) is 13.7. The Morgan fingerprint density at radius 3 is 2.17 bits per heavy atom. The lowest BCUT2D eigenvalue weighted by Crippen LogP contribution is -2.27. The smallest absolute Gasteiger partial charge is 0.238 e. The lowest BCUT2D eigenvalue weighted by molar-refractivity contribution is -0.115. The molecule has 1 unspecified atom stereocenters. The molecule has 126 valence electrons. The highest BCUT2D eigenvalue weighted by molar-refractivity contribution is 8.00. The maximum absolute atomic E-state index is 12.4. The van der Waals surface area contributed by atoms with E-state index in [1.807, 2.05) is 0 Å². The number of hydrogen-bond donors (Lipinski definition) is 0. The third-order valence-electron chi connectivity index (χ3n) is 4.06. The van der Waals surface area contributed by atoms with Crippen LogP contribution in [-0.2, 0) is 10.2 Å². The van der Waals surface area contributed by atoms with Gasteiger partial charge >= 0.3 is 0 Å². The van der Waals surface area contributed by atoms with E-state index < -0.39 is 0 Å². The summed E-state index contributed by atoms with van der Waals surface area (Å²) in [5, 5.41) is 1.01. The number of thioether (sulfide) groups is 1. The standard InChI is InChI=1S/C19H19Cl2NOS/c1-19(2,3)13-6-4-12(5-7-13)18-22(17(23)11-24-18)16-9-14(20)8-15(21)10-16/h4-10,18H,11H2,1-3H3. The summed E-state index contributed by atoms with van der Waals surface area (Å²) in [7, 11) is 0. The van der Waals surface area contributed by atoms with E-state index in [-0.39, 0.29) is 16.7 Å². The molecule has 0 radical (unpaired) electrons. The van der Waals surface area contributed by atoms with Gasteiger partial charge in [-0.1, -0.05) is 68.2 Å². The monoisotopic (exact) mass is 379 g/mol. The molecule has 0 aromatic heterocycles. The zero-order valence-electron chi connectivity index (χ0n) is 13.8. The Bertz CT molecular complexity index is 748. The molecular formula is C19H19Cl2NOS. The van der Waals surface area contributed by atoms with Gasteiger partial charge in [-0.15, -0.1) is 11.8 Å². The van der Waals surface area contributed by atoms with Gasteiger partial charge in [0.15, 0.2) is 0 Å². The number of nitrogens with zero attached hydrogens (tertiary/aromatic N) is 1. The molecule has 1 atom stereocenters. The number of rotatable bonds is 2. The highest BCUT2D eigenvalue weighted by Gasteiger charge is 2.34. The molecule has 2 aromatic rings. The van der Waals surface area contributed by atoms with Crippen LogP contribution in [0, 0.1) is 0 Å². The van der Waals surface area contributed by atoms with Crippen molar-refractivity contribution < 1.29 is 4.79 Å². The average Bonchev–Trinajstić information content (AvgIpc) is 2.87. The van der Waals surface area contributed by atoms with Crippen LogP contribution in [0.15, 0.2) is 42.5 Å². The van der Waals surface area contributed by atoms with Crippen molar-refractivity contribution in [1.29, 1.82) is 0 Å². The van der Waals surface area contributed by atoms with Gasteiger partial charge in [0, 0.05) is 15.7 Å². The molecule has 0 aliphatic carbocycles. The van der Waals surface area contributed by atoms with Crippen LogP contribution < -0.4 is 4.90 Å². The van der Waals surface area contributed by atoms with E-state index in [2.05, 4.69) is 45.0 Å². The van der Waals surface area contributed by atoms with Crippen molar-refractivity contribution in [3.8, 4) is 0 Å². The predicted octanol–water partition coefficient (Wildman–Crippen LogP) is 6.07. The number of anilines is 1. The number of benzene rings is 2. The number of amides is 1.